The summed E-state index contributed by atoms with van der Waals surface area (Å²) in [5.41, 5.74) is 2.57. The van der Waals surface area contributed by atoms with E-state index in [1.54, 1.807) is 31.4 Å². The summed E-state index contributed by atoms with van der Waals surface area (Å²) in [5.74, 6) is 0.645. The molecule has 132 valence electrons. The molecule has 0 aliphatic heterocycles. The molecule has 27 heavy (non-hydrogen) atoms. The van der Waals surface area contributed by atoms with E-state index in [4.69, 9.17) is 10.00 Å². The van der Waals surface area contributed by atoms with Gasteiger partial charge in [0, 0.05) is 22.5 Å². The number of amides is 1. The number of hydrogen-bond donors (Lipinski definition) is 3. The maximum atomic E-state index is 12.7. The number of hydrogen-bond acceptors (Lipinski definition) is 6. The number of nitriles is 1. The van der Waals surface area contributed by atoms with Gasteiger partial charge in [-0.2, -0.15) is 10.5 Å². The number of carbonyl (C=O) groups excluding carboxylic acids is 1. The molecule has 2 heterocycles. The third-order valence-corrected chi connectivity index (χ3v) is 4.06. The minimum Gasteiger partial charge on any atom is -0.497 e. The van der Waals surface area contributed by atoms with Gasteiger partial charge in [-0.15, -0.1) is 10.2 Å². The number of nitrogens with one attached hydrogen (secondary N) is 3. The normalized spacial score (nSPS) is 10.5. The summed E-state index contributed by atoms with van der Waals surface area (Å²) in [6.45, 7) is 0. The first-order chi connectivity index (χ1) is 13.2. The molecular weight excluding hydrogens is 346 g/mol. The van der Waals surface area contributed by atoms with Crippen LogP contribution in [0.1, 0.15) is 16.1 Å². The third kappa shape index (κ3) is 3.07. The number of H-pyrrole nitrogens is 2. The number of aromatic nitrogens is 5. The van der Waals surface area contributed by atoms with E-state index in [-0.39, 0.29) is 11.7 Å². The highest BCUT2D eigenvalue weighted by atomic mass is 16.5. The number of nitrogens with zero attached hydrogens (tertiary/aromatic N) is 4. The van der Waals surface area contributed by atoms with Crippen LogP contribution in [0.5, 0.6) is 5.75 Å². The lowest BCUT2D eigenvalue weighted by molar-refractivity contribution is 0.102. The van der Waals surface area contributed by atoms with Crippen LogP contribution in [0.25, 0.3) is 22.3 Å². The fraction of sp³-hybridized carbons (Fsp3) is 0.0556. The third-order valence-electron chi connectivity index (χ3n) is 4.06. The first kappa shape index (κ1) is 16.3. The van der Waals surface area contributed by atoms with Crippen molar-refractivity contribution in [3.63, 3.8) is 0 Å². The molecule has 9 heteroatoms. The van der Waals surface area contributed by atoms with Gasteiger partial charge in [0.25, 0.3) is 5.91 Å². The van der Waals surface area contributed by atoms with Crippen LogP contribution in [-0.4, -0.2) is 38.6 Å². The highest BCUT2D eigenvalue weighted by Gasteiger charge is 2.16. The second kappa shape index (κ2) is 6.61. The van der Waals surface area contributed by atoms with Crippen LogP contribution in [0.4, 0.5) is 5.69 Å². The Balaban J connectivity index is 1.68. The largest absolute Gasteiger partial charge is 0.497 e. The molecule has 0 fully saturated rings. The molecule has 2 aromatic heterocycles. The number of tetrazole rings is 1. The van der Waals surface area contributed by atoms with Crippen LogP contribution < -0.4 is 10.1 Å². The summed E-state index contributed by atoms with van der Waals surface area (Å²) < 4.78 is 5.20. The Labute approximate surface area is 153 Å². The second-order valence-corrected chi connectivity index (χ2v) is 5.70. The maximum absolute atomic E-state index is 12.7. The molecule has 0 radical (unpaired) electrons. The first-order valence-corrected chi connectivity index (χ1v) is 7.94. The molecule has 9 nitrogen and oxygen atoms in total. The number of fused-ring (bicyclic) bond motifs is 1. The van der Waals surface area contributed by atoms with Crippen molar-refractivity contribution in [2.45, 2.75) is 0 Å². The van der Waals surface area contributed by atoms with Gasteiger partial charge in [-0.05, 0) is 41.6 Å². The molecule has 0 unspecified atom stereocenters. The predicted molar refractivity (Wildman–Crippen MR) is 97.1 cm³/mol. The van der Waals surface area contributed by atoms with E-state index < -0.39 is 0 Å². The fourth-order valence-electron chi connectivity index (χ4n) is 2.73. The Bertz CT molecular complexity index is 1170. The maximum Gasteiger partial charge on any atom is 0.272 e. The zero-order chi connectivity index (χ0) is 18.8. The van der Waals surface area contributed by atoms with Gasteiger partial charge in [0.15, 0.2) is 0 Å². The van der Waals surface area contributed by atoms with Gasteiger partial charge in [0.05, 0.1) is 24.4 Å². The van der Waals surface area contributed by atoms with Gasteiger partial charge in [-0.1, -0.05) is 0 Å². The molecule has 0 saturated heterocycles. The standard InChI is InChI=1S/C18H13N7O2/c1-27-12-4-3-11-7-16(20-15(11)8-12)18(26)21-14-5-2-10(9-19)6-13(14)17-22-24-25-23-17/h2-8,20H,1H3,(H,21,26)(H,22,23,24,25). The van der Waals surface area contributed by atoms with E-state index in [2.05, 4.69) is 37.0 Å². The van der Waals surface area contributed by atoms with Crippen molar-refractivity contribution in [3.05, 3.63) is 53.7 Å². The Hall–Kier alpha value is -4.19. The summed E-state index contributed by atoms with van der Waals surface area (Å²) in [6.07, 6.45) is 0. The van der Waals surface area contributed by atoms with E-state index in [0.29, 0.717) is 28.3 Å². The first-order valence-electron chi connectivity index (χ1n) is 7.94. The van der Waals surface area contributed by atoms with Crippen molar-refractivity contribution in [2.75, 3.05) is 12.4 Å². The van der Waals surface area contributed by atoms with Crippen molar-refractivity contribution in [3.8, 4) is 23.2 Å². The number of rotatable bonds is 4. The molecule has 0 saturated carbocycles. The Morgan fingerprint density at radius 2 is 2.11 bits per heavy atom. The van der Waals surface area contributed by atoms with Crippen molar-refractivity contribution in [2.24, 2.45) is 0 Å². The quantitative estimate of drug-likeness (QED) is 0.513. The fourth-order valence-corrected chi connectivity index (χ4v) is 2.73. The smallest absolute Gasteiger partial charge is 0.272 e. The Kier molecular flexibility index (Phi) is 3.99. The summed E-state index contributed by atoms with van der Waals surface area (Å²) in [7, 11) is 1.59. The zero-order valence-corrected chi connectivity index (χ0v) is 14.1. The summed E-state index contributed by atoms with van der Waals surface area (Å²) in [6, 6.07) is 14.2. The SMILES string of the molecule is COc1ccc2cc(C(=O)Nc3ccc(C#N)cc3-c3nn[nH]n3)[nH]c2c1. The van der Waals surface area contributed by atoms with Gasteiger partial charge < -0.3 is 15.0 Å². The molecule has 0 spiro atoms. The Morgan fingerprint density at radius 1 is 1.22 bits per heavy atom. The molecule has 2 aromatic carbocycles. The van der Waals surface area contributed by atoms with Gasteiger partial charge in [-0.25, -0.2) is 0 Å². The van der Waals surface area contributed by atoms with Gasteiger partial charge in [0.1, 0.15) is 11.4 Å². The van der Waals surface area contributed by atoms with Gasteiger partial charge in [-0.3, -0.25) is 4.79 Å². The minimum atomic E-state index is -0.334. The lowest BCUT2D eigenvalue weighted by Gasteiger charge is -2.08. The number of carbonyl (C=O) groups is 1. The monoisotopic (exact) mass is 359 g/mol. The summed E-state index contributed by atoms with van der Waals surface area (Å²) >= 11 is 0. The molecule has 1 amide bonds. The van der Waals surface area contributed by atoms with Crippen molar-refractivity contribution in [1.82, 2.24) is 25.6 Å². The van der Waals surface area contributed by atoms with Gasteiger partial charge >= 0.3 is 0 Å². The number of anilines is 1. The molecule has 3 N–H and O–H groups in total. The average molecular weight is 359 g/mol. The summed E-state index contributed by atoms with van der Waals surface area (Å²) in [5, 5.41) is 26.6. The highest BCUT2D eigenvalue weighted by Crippen LogP contribution is 2.27. The van der Waals surface area contributed by atoms with E-state index in [0.717, 1.165) is 10.9 Å². The van der Waals surface area contributed by atoms with E-state index in [1.807, 2.05) is 18.2 Å². The molecule has 4 aromatic rings. The molecule has 0 bridgehead atoms. The topological polar surface area (TPSA) is 132 Å². The lowest BCUT2D eigenvalue weighted by Crippen LogP contribution is -2.13. The average Bonchev–Trinajstić information content (AvgIpc) is 3.37. The predicted octanol–water partition coefficient (Wildman–Crippen LogP) is 2.48. The molecular formula is C18H13N7O2. The highest BCUT2D eigenvalue weighted by molar-refractivity contribution is 6.07. The molecule has 0 aliphatic carbocycles. The van der Waals surface area contributed by atoms with E-state index >= 15 is 0 Å². The van der Waals surface area contributed by atoms with Gasteiger partial charge in [0.2, 0.25) is 5.82 Å². The van der Waals surface area contributed by atoms with E-state index in [1.165, 1.54) is 0 Å². The second-order valence-electron chi connectivity index (χ2n) is 5.70. The number of methoxy groups -OCH3 is 1. The number of ether oxygens (including phenoxy) is 1. The van der Waals surface area contributed by atoms with Crippen molar-refractivity contribution >= 4 is 22.5 Å². The number of aromatic amines is 2. The van der Waals surface area contributed by atoms with Crippen LogP contribution in [-0.2, 0) is 0 Å². The van der Waals surface area contributed by atoms with Crippen molar-refractivity contribution < 1.29 is 9.53 Å². The Morgan fingerprint density at radius 3 is 2.85 bits per heavy atom. The van der Waals surface area contributed by atoms with E-state index in [9.17, 15) is 4.79 Å². The summed E-state index contributed by atoms with van der Waals surface area (Å²) in [4.78, 5) is 15.8. The minimum absolute atomic E-state index is 0.281. The van der Waals surface area contributed by atoms with Crippen LogP contribution in [0.3, 0.4) is 0 Å². The zero-order valence-electron chi connectivity index (χ0n) is 14.1. The molecule has 4 rings (SSSR count). The molecule has 0 atom stereocenters. The van der Waals surface area contributed by atoms with Crippen molar-refractivity contribution in [1.29, 1.82) is 5.26 Å². The van der Waals surface area contributed by atoms with Crippen LogP contribution in [0, 0.1) is 11.3 Å². The van der Waals surface area contributed by atoms with Crippen LogP contribution >= 0.6 is 0 Å². The number of benzene rings is 2. The molecule has 0 aliphatic rings. The van der Waals surface area contributed by atoms with Crippen LogP contribution in [0.15, 0.2) is 42.5 Å². The lowest BCUT2D eigenvalue weighted by atomic mass is 10.1. The van der Waals surface area contributed by atoms with Crippen LogP contribution in [0.2, 0.25) is 0 Å².